The van der Waals surface area contributed by atoms with Crippen LogP contribution in [0.5, 0.6) is 5.75 Å². The maximum absolute atomic E-state index is 14.7. The third-order valence-electron chi connectivity index (χ3n) is 7.09. The first kappa shape index (κ1) is 24.7. The molecule has 0 radical (unpaired) electrons. The maximum Gasteiger partial charge on any atom is 0.255 e. The molecule has 4 atom stereocenters. The van der Waals surface area contributed by atoms with Crippen LogP contribution in [0.4, 0.5) is 4.39 Å². The lowest BCUT2D eigenvalue weighted by molar-refractivity contribution is -0.129. The van der Waals surface area contributed by atoms with Crippen LogP contribution in [0.1, 0.15) is 53.7 Å². The van der Waals surface area contributed by atoms with Gasteiger partial charge in [0, 0.05) is 42.7 Å². The Bertz CT molecular complexity index is 1150. The van der Waals surface area contributed by atoms with Gasteiger partial charge in [-0.1, -0.05) is 12.1 Å². The first-order valence-corrected chi connectivity index (χ1v) is 12.5. The first-order valence-electron chi connectivity index (χ1n) is 12.5. The van der Waals surface area contributed by atoms with Gasteiger partial charge in [0.05, 0.1) is 24.8 Å². The molecule has 2 N–H and O–H groups in total. The van der Waals surface area contributed by atoms with Crippen LogP contribution >= 0.6 is 0 Å². The van der Waals surface area contributed by atoms with E-state index in [1.807, 2.05) is 6.07 Å². The predicted molar refractivity (Wildman–Crippen MR) is 130 cm³/mol. The molecular formula is C27H32FN3O5. The highest BCUT2D eigenvalue weighted by Crippen LogP contribution is 2.34. The molecule has 2 fully saturated rings. The van der Waals surface area contributed by atoms with Gasteiger partial charge in [0.25, 0.3) is 5.91 Å². The largest absolute Gasteiger partial charge is 0.488 e. The summed E-state index contributed by atoms with van der Waals surface area (Å²) in [5.41, 5.74) is 2.66. The molecular weight excluding hydrogens is 465 g/mol. The Hall–Kier alpha value is -3.01. The second kappa shape index (κ2) is 10.2. The van der Waals surface area contributed by atoms with Crippen LogP contribution in [0.3, 0.4) is 0 Å². The summed E-state index contributed by atoms with van der Waals surface area (Å²) >= 11 is 0. The highest BCUT2D eigenvalue weighted by atomic mass is 19.1. The topological polar surface area (TPSA) is 91.3 Å². The van der Waals surface area contributed by atoms with E-state index in [0.29, 0.717) is 35.4 Å². The van der Waals surface area contributed by atoms with Gasteiger partial charge in [-0.3, -0.25) is 14.5 Å². The maximum atomic E-state index is 14.7. The number of piperidine rings is 1. The quantitative estimate of drug-likeness (QED) is 0.638. The number of hydrogen-bond donors (Lipinski definition) is 2. The minimum absolute atomic E-state index is 0.0301. The van der Waals surface area contributed by atoms with Crippen LogP contribution in [0.2, 0.25) is 0 Å². The van der Waals surface area contributed by atoms with Gasteiger partial charge < -0.3 is 24.8 Å². The summed E-state index contributed by atoms with van der Waals surface area (Å²) in [6, 6.07) is 9.84. The van der Waals surface area contributed by atoms with Crippen molar-refractivity contribution in [1.29, 1.82) is 0 Å². The van der Waals surface area contributed by atoms with Crippen molar-refractivity contribution in [3.8, 4) is 5.75 Å². The number of nitrogens with zero attached hydrogens (tertiary/aromatic N) is 2. The summed E-state index contributed by atoms with van der Waals surface area (Å²) in [5, 5.41) is 12.8. The van der Waals surface area contributed by atoms with Gasteiger partial charge in [-0.2, -0.15) is 0 Å². The Morgan fingerprint density at radius 1 is 1.17 bits per heavy atom. The van der Waals surface area contributed by atoms with Crippen molar-refractivity contribution in [3.63, 3.8) is 0 Å². The standard InChI is InChI=1S/C27H32FN3O5/c1-16-11-30(12-17(2)36-16)13-18-6-7-22(28)19(10-18)15-35-24-5-3-4-20-21(24)14-31(27(20)34)23-8-9-25(32)29-26(23)33/h3-7,10,16-17,23,26,33H,8-9,11-15H2,1-2H3,(H,29,32)/t16?,17?,23-,26?/m1/s1. The van der Waals surface area contributed by atoms with Gasteiger partial charge in [0.15, 0.2) is 0 Å². The number of nitrogens with one attached hydrogen (secondary N) is 1. The van der Waals surface area contributed by atoms with Crippen LogP contribution in [0.25, 0.3) is 0 Å². The monoisotopic (exact) mass is 497 g/mol. The number of halogens is 1. The predicted octanol–water partition coefficient (Wildman–Crippen LogP) is 2.57. The van der Waals surface area contributed by atoms with Gasteiger partial charge in [0.2, 0.25) is 5.91 Å². The zero-order valence-electron chi connectivity index (χ0n) is 20.6. The number of ether oxygens (including phenoxy) is 2. The van der Waals surface area contributed by atoms with Crippen molar-refractivity contribution in [2.45, 2.75) is 70.9 Å². The van der Waals surface area contributed by atoms with Crippen LogP contribution in [0.15, 0.2) is 36.4 Å². The Labute approximate surface area is 210 Å². The molecule has 8 nitrogen and oxygen atoms in total. The summed E-state index contributed by atoms with van der Waals surface area (Å²) < 4.78 is 26.5. The van der Waals surface area contributed by atoms with Gasteiger partial charge in [0.1, 0.15) is 24.4 Å². The number of amides is 2. The Kier molecular flexibility index (Phi) is 6.96. The summed E-state index contributed by atoms with van der Waals surface area (Å²) in [5.74, 6) is -0.265. The van der Waals surface area contributed by atoms with E-state index in [-0.39, 0.29) is 49.4 Å². The summed E-state index contributed by atoms with van der Waals surface area (Å²) in [6.07, 6.45) is -0.149. The van der Waals surface area contributed by atoms with Crippen LogP contribution in [-0.4, -0.2) is 64.3 Å². The van der Waals surface area contributed by atoms with Crippen LogP contribution in [-0.2, 0) is 29.2 Å². The summed E-state index contributed by atoms with van der Waals surface area (Å²) in [4.78, 5) is 28.5. The molecule has 36 heavy (non-hydrogen) atoms. The number of benzene rings is 2. The molecule has 2 saturated heterocycles. The molecule has 3 unspecified atom stereocenters. The molecule has 0 aliphatic carbocycles. The number of hydrogen-bond acceptors (Lipinski definition) is 6. The second-order valence-corrected chi connectivity index (χ2v) is 10.00. The molecule has 2 aromatic rings. The number of carbonyl (C=O) groups is 2. The highest BCUT2D eigenvalue weighted by molar-refractivity contribution is 5.99. The fraction of sp³-hybridized carbons (Fsp3) is 0.481. The van der Waals surface area contributed by atoms with Crippen molar-refractivity contribution in [2.75, 3.05) is 13.1 Å². The minimum Gasteiger partial charge on any atom is -0.488 e. The van der Waals surface area contributed by atoms with E-state index in [4.69, 9.17) is 9.47 Å². The number of aliphatic hydroxyl groups excluding tert-OH is 1. The molecule has 0 aromatic heterocycles. The lowest BCUT2D eigenvalue weighted by atomic mass is 10.0. The molecule has 2 amide bonds. The van der Waals surface area contributed by atoms with Gasteiger partial charge >= 0.3 is 0 Å². The average Bonchev–Trinajstić information content (AvgIpc) is 3.15. The number of fused-ring (bicyclic) bond motifs is 1. The van der Waals surface area contributed by atoms with Crippen molar-refractivity contribution in [2.24, 2.45) is 0 Å². The van der Waals surface area contributed by atoms with E-state index in [1.165, 1.54) is 6.07 Å². The Balaban J connectivity index is 1.28. The zero-order valence-corrected chi connectivity index (χ0v) is 20.6. The average molecular weight is 498 g/mol. The molecule has 0 saturated carbocycles. The molecule has 3 heterocycles. The van der Waals surface area contributed by atoms with Crippen molar-refractivity contribution < 1.29 is 28.6 Å². The smallest absolute Gasteiger partial charge is 0.255 e. The van der Waals surface area contributed by atoms with E-state index in [1.54, 1.807) is 29.2 Å². The van der Waals surface area contributed by atoms with Gasteiger partial charge in [-0.15, -0.1) is 0 Å². The fourth-order valence-corrected chi connectivity index (χ4v) is 5.49. The lowest BCUT2D eigenvalue weighted by Crippen LogP contribution is -2.55. The van der Waals surface area contributed by atoms with Crippen LogP contribution in [0, 0.1) is 5.82 Å². The fourth-order valence-electron chi connectivity index (χ4n) is 5.49. The van der Waals surface area contributed by atoms with E-state index >= 15 is 0 Å². The first-order chi connectivity index (χ1) is 17.3. The third-order valence-corrected chi connectivity index (χ3v) is 7.09. The number of aliphatic hydroxyl groups is 1. The third kappa shape index (κ3) is 5.09. The van der Waals surface area contributed by atoms with Crippen molar-refractivity contribution in [3.05, 3.63) is 64.5 Å². The minimum atomic E-state index is -1.11. The van der Waals surface area contributed by atoms with E-state index < -0.39 is 12.3 Å². The lowest BCUT2D eigenvalue weighted by Gasteiger charge is -2.35. The molecule has 0 bridgehead atoms. The molecule has 5 rings (SSSR count). The number of carbonyl (C=O) groups excluding carboxylic acids is 2. The normalized spacial score (nSPS) is 26.6. The number of morpholine rings is 1. The molecule has 192 valence electrons. The van der Waals surface area contributed by atoms with Gasteiger partial charge in [-0.25, -0.2) is 4.39 Å². The summed E-state index contributed by atoms with van der Waals surface area (Å²) in [6.45, 7) is 6.76. The Morgan fingerprint density at radius 2 is 1.94 bits per heavy atom. The SMILES string of the molecule is CC1CN(Cc2ccc(F)c(COc3cccc4c3CN([C@@H]3CCC(=O)NC3O)C4=O)c2)CC(C)O1. The van der Waals surface area contributed by atoms with E-state index in [2.05, 4.69) is 24.1 Å². The Morgan fingerprint density at radius 3 is 2.69 bits per heavy atom. The zero-order chi connectivity index (χ0) is 25.4. The molecule has 3 aliphatic heterocycles. The molecule has 3 aliphatic rings. The molecule has 9 heteroatoms. The van der Waals surface area contributed by atoms with Crippen molar-refractivity contribution >= 4 is 11.8 Å². The molecule has 2 aromatic carbocycles. The van der Waals surface area contributed by atoms with Gasteiger partial charge in [-0.05, 0) is 50.1 Å². The highest BCUT2D eigenvalue weighted by Gasteiger charge is 2.40. The summed E-state index contributed by atoms with van der Waals surface area (Å²) in [7, 11) is 0. The van der Waals surface area contributed by atoms with E-state index in [0.717, 1.165) is 18.7 Å². The van der Waals surface area contributed by atoms with Crippen LogP contribution < -0.4 is 10.1 Å². The number of rotatable bonds is 6. The second-order valence-electron chi connectivity index (χ2n) is 10.00. The van der Waals surface area contributed by atoms with E-state index in [9.17, 15) is 19.1 Å². The van der Waals surface area contributed by atoms with Crippen molar-refractivity contribution in [1.82, 2.24) is 15.1 Å². The molecule has 0 spiro atoms.